The summed E-state index contributed by atoms with van der Waals surface area (Å²) in [4.78, 5) is 0.148. The summed E-state index contributed by atoms with van der Waals surface area (Å²) in [7, 11) is -2.07. The van der Waals surface area contributed by atoms with Crippen LogP contribution in [0.3, 0.4) is 0 Å². The third-order valence-corrected chi connectivity index (χ3v) is 3.53. The van der Waals surface area contributed by atoms with Gasteiger partial charge in [0.15, 0.2) is 0 Å². The highest BCUT2D eigenvalue weighted by Crippen LogP contribution is 2.22. The molecule has 1 aromatic rings. The van der Waals surface area contributed by atoms with Crippen molar-refractivity contribution >= 4 is 10.0 Å². The van der Waals surface area contributed by atoms with Crippen LogP contribution in [0.4, 0.5) is 0 Å². The van der Waals surface area contributed by atoms with E-state index < -0.39 is 10.0 Å². The van der Waals surface area contributed by atoms with E-state index in [-0.39, 0.29) is 4.90 Å². The molecule has 0 spiro atoms. The highest BCUT2D eigenvalue weighted by Gasteiger charge is 2.17. The zero-order valence-electron chi connectivity index (χ0n) is 9.14. The molecule has 1 aromatic carbocycles. The summed E-state index contributed by atoms with van der Waals surface area (Å²) >= 11 is 0. The van der Waals surface area contributed by atoms with Crippen molar-refractivity contribution < 1.29 is 13.2 Å². The normalized spacial score (nSPS) is 11.4. The van der Waals surface area contributed by atoms with Gasteiger partial charge in [0.25, 0.3) is 0 Å². The smallest absolute Gasteiger partial charge is 0.244 e. The molecule has 16 heavy (non-hydrogen) atoms. The summed E-state index contributed by atoms with van der Waals surface area (Å²) < 4.78 is 31.2. The van der Waals surface area contributed by atoms with Crippen LogP contribution in [0.2, 0.25) is 0 Å². The lowest BCUT2D eigenvalue weighted by atomic mass is 10.3. The van der Waals surface area contributed by atoms with Gasteiger partial charge in [-0.15, -0.1) is 0 Å². The van der Waals surface area contributed by atoms with E-state index in [4.69, 9.17) is 10.5 Å². The largest absolute Gasteiger partial charge is 0.495 e. The van der Waals surface area contributed by atoms with Gasteiger partial charge in [-0.1, -0.05) is 12.1 Å². The minimum absolute atomic E-state index is 0.148. The van der Waals surface area contributed by atoms with Crippen molar-refractivity contribution in [2.75, 3.05) is 20.2 Å². The predicted octanol–water partition coefficient (Wildman–Crippen LogP) is 0.322. The van der Waals surface area contributed by atoms with Gasteiger partial charge in [0.1, 0.15) is 10.6 Å². The quantitative estimate of drug-likeness (QED) is 0.706. The maximum Gasteiger partial charge on any atom is 0.244 e. The van der Waals surface area contributed by atoms with E-state index >= 15 is 0 Å². The first-order chi connectivity index (χ1) is 7.61. The second-order valence-electron chi connectivity index (χ2n) is 3.19. The van der Waals surface area contributed by atoms with E-state index in [0.29, 0.717) is 25.3 Å². The van der Waals surface area contributed by atoms with Gasteiger partial charge in [-0.3, -0.25) is 0 Å². The SMILES string of the molecule is COc1ccccc1S(=O)(=O)NCCCN. The Morgan fingerprint density at radius 3 is 2.69 bits per heavy atom. The van der Waals surface area contributed by atoms with Gasteiger partial charge < -0.3 is 10.5 Å². The first kappa shape index (κ1) is 13.0. The second kappa shape index (κ2) is 5.83. The third-order valence-electron chi connectivity index (χ3n) is 2.03. The van der Waals surface area contributed by atoms with Crippen LogP contribution in [-0.2, 0) is 10.0 Å². The lowest BCUT2D eigenvalue weighted by Gasteiger charge is -2.09. The summed E-state index contributed by atoms with van der Waals surface area (Å²) in [5.41, 5.74) is 5.29. The molecular formula is C10H16N2O3S. The number of hydrogen-bond acceptors (Lipinski definition) is 4. The Labute approximate surface area is 95.7 Å². The Morgan fingerprint density at radius 2 is 2.06 bits per heavy atom. The van der Waals surface area contributed by atoms with E-state index in [1.165, 1.54) is 13.2 Å². The van der Waals surface area contributed by atoms with Crippen molar-refractivity contribution in [1.29, 1.82) is 0 Å². The Kier molecular flexibility index (Phi) is 4.72. The Morgan fingerprint density at radius 1 is 1.38 bits per heavy atom. The number of para-hydroxylation sites is 1. The Balaban J connectivity index is 2.89. The van der Waals surface area contributed by atoms with Crippen LogP contribution in [-0.4, -0.2) is 28.6 Å². The van der Waals surface area contributed by atoms with Crippen molar-refractivity contribution in [3.8, 4) is 5.75 Å². The number of nitrogens with two attached hydrogens (primary N) is 1. The van der Waals surface area contributed by atoms with Gasteiger partial charge in [-0.25, -0.2) is 13.1 Å². The molecule has 90 valence electrons. The van der Waals surface area contributed by atoms with Crippen LogP contribution in [0, 0.1) is 0 Å². The topological polar surface area (TPSA) is 81.4 Å². The van der Waals surface area contributed by atoms with E-state index in [1.807, 2.05) is 0 Å². The maximum absolute atomic E-state index is 11.9. The standard InChI is InChI=1S/C10H16N2O3S/c1-15-9-5-2-3-6-10(9)16(13,14)12-8-4-7-11/h2-3,5-6,12H,4,7-8,11H2,1H3. The van der Waals surface area contributed by atoms with Gasteiger partial charge in [0.2, 0.25) is 10.0 Å². The van der Waals surface area contributed by atoms with E-state index in [2.05, 4.69) is 4.72 Å². The van der Waals surface area contributed by atoms with Crippen molar-refractivity contribution in [2.24, 2.45) is 5.73 Å². The molecule has 0 saturated carbocycles. The predicted molar refractivity (Wildman–Crippen MR) is 61.9 cm³/mol. The van der Waals surface area contributed by atoms with Crippen LogP contribution in [0.15, 0.2) is 29.2 Å². The maximum atomic E-state index is 11.9. The van der Waals surface area contributed by atoms with Crippen LogP contribution >= 0.6 is 0 Å². The lowest BCUT2D eigenvalue weighted by Crippen LogP contribution is -2.26. The summed E-state index contributed by atoms with van der Waals surface area (Å²) in [5.74, 6) is 0.336. The van der Waals surface area contributed by atoms with E-state index in [0.717, 1.165) is 0 Å². The monoisotopic (exact) mass is 244 g/mol. The molecule has 0 radical (unpaired) electrons. The molecule has 0 unspecified atom stereocenters. The summed E-state index contributed by atoms with van der Waals surface area (Å²) in [6.07, 6.45) is 0.606. The number of sulfonamides is 1. The molecule has 0 heterocycles. The van der Waals surface area contributed by atoms with Crippen LogP contribution in [0.25, 0.3) is 0 Å². The number of benzene rings is 1. The number of ether oxygens (including phenoxy) is 1. The Hall–Kier alpha value is -1.11. The lowest BCUT2D eigenvalue weighted by molar-refractivity contribution is 0.402. The van der Waals surface area contributed by atoms with Gasteiger partial charge in [0.05, 0.1) is 7.11 Å². The number of hydrogen-bond donors (Lipinski definition) is 2. The molecule has 0 atom stereocenters. The second-order valence-corrected chi connectivity index (χ2v) is 4.93. The minimum atomic E-state index is -3.51. The highest BCUT2D eigenvalue weighted by atomic mass is 32.2. The summed E-state index contributed by atoms with van der Waals surface area (Å²) in [5, 5.41) is 0. The third kappa shape index (κ3) is 3.19. The molecule has 0 fully saturated rings. The average Bonchev–Trinajstić information content (AvgIpc) is 2.29. The van der Waals surface area contributed by atoms with Crippen molar-refractivity contribution in [1.82, 2.24) is 4.72 Å². The molecule has 0 bridgehead atoms. The van der Waals surface area contributed by atoms with E-state index in [1.54, 1.807) is 18.2 Å². The molecule has 5 nitrogen and oxygen atoms in total. The molecule has 1 rings (SSSR count). The number of methoxy groups -OCH3 is 1. The van der Waals surface area contributed by atoms with Crippen LogP contribution in [0.1, 0.15) is 6.42 Å². The summed E-state index contributed by atoms with van der Waals surface area (Å²) in [6, 6.07) is 6.48. The molecule has 0 saturated heterocycles. The van der Waals surface area contributed by atoms with Gasteiger partial charge in [-0.05, 0) is 25.1 Å². The van der Waals surface area contributed by atoms with Crippen LogP contribution in [0.5, 0.6) is 5.75 Å². The average molecular weight is 244 g/mol. The molecule has 6 heteroatoms. The molecule has 0 aliphatic heterocycles. The first-order valence-electron chi connectivity index (χ1n) is 4.94. The van der Waals surface area contributed by atoms with E-state index in [9.17, 15) is 8.42 Å². The molecular weight excluding hydrogens is 228 g/mol. The fourth-order valence-electron chi connectivity index (χ4n) is 1.23. The zero-order chi connectivity index (χ0) is 12.0. The fraction of sp³-hybridized carbons (Fsp3) is 0.400. The first-order valence-corrected chi connectivity index (χ1v) is 6.43. The number of rotatable bonds is 6. The van der Waals surface area contributed by atoms with Crippen molar-refractivity contribution in [2.45, 2.75) is 11.3 Å². The van der Waals surface area contributed by atoms with Gasteiger partial charge >= 0.3 is 0 Å². The zero-order valence-corrected chi connectivity index (χ0v) is 9.96. The molecule has 3 N–H and O–H groups in total. The van der Waals surface area contributed by atoms with Gasteiger partial charge in [0, 0.05) is 6.54 Å². The highest BCUT2D eigenvalue weighted by molar-refractivity contribution is 7.89. The fourth-order valence-corrected chi connectivity index (χ4v) is 2.47. The number of nitrogens with one attached hydrogen (secondary N) is 1. The van der Waals surface area contributed by atoms with Crippen LogP contribution < -0.4 is 15.2 Å². The molecule has 0 amide bonds. The molecule has 0 aliphatic rings. The molecule has 0 aromatic heterocycles. The molecule has 0 aliphatic carbocycles. The van der Waals surface area contributed by atoms with Crippen molar-refractivity contribution in [3.63, 3.8) is 0 Å². The minimum Gasteiger partial charge on any atom is -0.495 e. The summed E-state index contributed by atoms with van der Waals surface area (Å²) in [6.45, 7) is 0.783. The van der Waals surface area contributed by atoms with Gasteiger partial charge in [-0.2, -0.15) is 0 Å². The Bertz CT molecular complexity index is 431. The van der Waals surface area contributed by atoms with Crippen molar-refractivity contribution in [3.05, 3.63) is 24.3 Å².